The van der Waals surface area contributed by atoms with Gasteiger partial charge in [-0.1, -0.05) is 18.2 Å². The molecule has 2 amide bonds. The van der Waals surface area contributed by atoms with Gasteiger partial charge in [0, 0.05) is 25.0 Å². The Balaban J connectivity index is 1.54. The van der Waals surface area contributed by atoms with Crippen LogP contribution in [0.1, 0.15) is 18.0 Å². The van der Waals surface area contributed by atoms with E-state index in [1.54, 1.807) is 36.4 Å². The second kappa shape index (κ2) is 8.99. The lowest BCUT2D eigenvalue weighted by Crippen LogP contribution is -2.49. The molecule has 1 aromatic carbocycles. The van der Waals surface area contributed by atoms with E-state index in [9.17, 15) is 22.0 Å². The van der Waals surface area contributed by atoms with Gasteiger partial charge in [0.05, 0.1) is 29.3 Å². The summed E-state index contributed by atoms with van der Waals surface area (Å²) in [6.07, 6.45) is -1.46. The van der Waals surface area contributed by atoms with Crippen LogP contribution in [0.5, 0.6) is 0 Å². The summed E-state index contributed by atoms with van der Waals surface area (Å²) >= 11 is 0. The number of alkyl halides is 2. The number of pyridine rings is 1. The first kappa shape index (κ1) is 21.8. The van der Waals surface area contributed by atoms with Gasteiger partial charge in [-0.05, 0) is 24.3 Å². The predicted molar refractivity (Wildman–Crippen MR) is 111 cm³/mol. The lowest BCUT2D eigenvalue weighted by Gasteiger charge is -2.32. The summed E-state index contributed by atoms with van der Waals surface area (Å²) in [5, 5.41) is 6.88. The fourth-order valence-corrected chi connectivity index (χ4v) is 4.40. The average molecular weight is 463 g/mol. The minimum Gasteiger partial charge on any atom is -0.415 e. The maximum absolute atomic E-state index is 13.2. The van der Waals surface area contributed by atoms with Crippen LogP contribution in [0.15, 0.2) is 53.1 Å². The molecule has 2 aromatic heterocycles. The molecule has 1 aliphatic heterocycles. The van der Waals surface area contributed by atoms with Crippen molar-refractivity contribution in [1.29, 1.82) is 0 Å². The van der Waals surface area contributed by atoms with Crippen LogP contribution in [0.2, 0.25) is 0 Å². The number of carbonyl (C=O) groups is 1. The van der Waals surface area contributed by atoms with Crippen LogP contribution < -0.4 is 4.90 Å². The van der Waals surface area contributed by atoms with Crippen molar-refractivity contribution in [2.45, 2.75) is 13.0 Å². The molecule has 9 nitrogen and oxygen atoms in total. The van der Waals surface area contributed by atoms with Gasteiger partial charge in [-0.15, -0.1) is 10.2 Å². The molecular formula is C20H19F2N5O4S. The van der Waals surface area contributed by atoms with Gasteiger partial charge in [-0.3, -0.25) is 9.88 Å². The number of carbonyl (C=O) groups excluding carboxylic acids is 1. The first-order valence-electron chi connectivity index (χ1n) is 9.71. The lowest BCUT2D eigenvalue weighted by molar-refractivity contribution is 0.116. The van der Waals surface area contributed by atoms with Crippen LogP contribution in [-0.2, 0) is 16.4 Å². The van der Waals surface area contributed by atoms with Gasteiger partial charge in [0.2, 0.25) is 5.89 Å². The van der Waals surface area contributed by atoms with Crippen molar-refractivity contribution in [2.24, 2.45) is 0 Å². The summed E-state index contributed by atoms with van der Waals surface area (Å²) in [7, 11) is -3.12. The summed E-state index contributed by atoms with van der Waals surface area (Å²) in [4.78, 5) is 20.5. The van der Waals surface area contributed by atoms with Crippen LogP contribution >= 0.6 is 0 Å². The number of hydrogen-bond donors (Lipinski definition) is 0. The van der Waals surface area contributed by atoms with Gasteiger partial charge in [0.25, 0.3) is 5.89 Å². The highest BCUT2D eigenvalue weighted by molar-refractivity contribution is 7.91. The van der Waals surface area contributed by atoms with Crippen molar-refractivity contribution in [3.05, 3.63) is 60.2 Å². The molecule has 12 heteroatoms. The molecule has 0 radical (unpaired) electrons. The number of hydrogen-bond acceptors (Lipinski definition) is 7. The number of urea groups is 1. The third kappa shape index (κ3) is 4.90. The van der Waals surface area contributed by atoms with Gasteiger partial charge >= 0.3 is 12.5 Å². The predicted octanol–water partition coefficient (Wildman–Crippen LogP) is 2.93. The highest BCUT2D eigenvalue weighted by Gasteiger charge is 2.29. The molecule has 32 heavy (non-hydrogen) atoms. The summed E-state index contributed by atoms with van der Waals surface area (Å²) in [6, 6.07) is 11.9. The number of halogens is 2. The molecule has 0 unspecified atom stereocenters. The monoisotopic (exact) mass is 463 g/mol. The first-order valence-corrected chi connectivity index (χ1v) is 11.5. The summed E-state index contributed by atoms with van der Waals surface area (Å²) < 4.78 is 53.7. The van der Waals surface area contributed by atoms with E-state index in [0.29, 0.717) is 16.9 Å². The molecule has 0 spiro atoms. The SMILES string of the molecule is O=C(N1CCS(=O)(=O)CC1)N(Cc1ccc(-c2nnc(C(F)F)o2)cn1)c1ccccc1. The second-order valence-electron chi connectivity index (χ2n) is 7.13. The zero-order valence-electron chi connectivity index (χ0n) is 16.8. The Bertz CT molecular complexity index is 1170. The van der Waals surface area contributed by atoms with Crippen molar-refractivity contribution in [3.8, 4) is 11.5 Å². The number of para-hydroxylation sites is 1. The standard InChI is InChI=1S/C20H19F2N5O4S/c21-17(22)19-25-24-18(31-19)14-6-7-15(23-12-14)13-27(16-4-2-1-3-5-16)20(28)26-8-10-32(29,30)11-9-26/h1-7,12,17H,8-11,13H2. The third-order valence-corrected chi connectivity index (χ3v) is 6.54. The number of benzene rings is 1. The van der Waals surface area contributed by atoms with Crippen molar-refractivity contribution < 1.29 is 26.4 Å². The Kier molecular flexibility index (Phi) is 6.12. The Hall–Kier alpha value is -3.41. The minimum atomic E-state index is -3.12. The van der Waals surface area contributed by atoms with E-state index in [1.165, 1.54) is 16.0 Å². The number of sulfone groups is 1. The van der Waals surface area contributed by atoms with E-state index < -0.39 is 22.2 Å². The maximum atomic E-state index is 13.2. The number of rotatable bonds is 5. The van der Waals surface area contributed by atoms with Crippen LogP contribution in [0.4, 0.5) is 19.3 Å². The smallest absolute Gasteiger partial charge is 0.324 e. The van der Waals surface area contributed by atoms with Crippen molar-refractivity contribution in [2.75, 3.05) is 29.5 Å². The van der Waals surface area contributed by atoms with E-state index in [-0.39, 0.29) is 43.1 Å². The molecule has 0 atom stereocenters. The van der Waals surface area contributed by atoms with Gasteiger partial charge in [0.1, 0.15) is 0 Å². The van der Waals surface area contributed by atoms with Gasteiger partial charge in [0.15, 0.2) is 9.84 Å². The van der Waals surface area contributed by atoms with E-state index in [0.717, 1.165) is 0 Å². The summed E-state index contributed by atoms with van der Waals surface area (Å²) in [5.74, 6) is -0.989. The van der Waals surface area contributed by atoms with Crippen LogP contribution in [-0.4, -0.2) is 59.1 Å². The van der Waals surface area contributed by atoms with E-state index in [2.05, 4.69) is 15.2 Å². The second-order valence-corrected chi connectivity index (χ2v) is 9.43. The zero-order valence-corrected chi connectivity index (χ0v) is 17.6. The molecule has 4 rings (SSSR count). The molecule has 1 aliphatic rings. The van der Waals surface area contributed by atoms with E-state index in [1.807, 2.05) is 6.07 Å². The van der Waals surface area contributed by atoms with Crippen molar-refractivity contribution in [1.82, 2.24) is 20.1 Å². The number of anilines is 1. The summed E-state index contributed by atoms with van der Waals surface area (Å²) in [5.41, 5.74) is 1.53. The normalized spacial score (nSPS) is 15.7. The Labute approximate surface area is 182 Å². The van der Waals surface area contributed by atoms with E-state index in [4.69, 9.17) is 4.42 Å². The Morgan fingerprint density at radius 2 is 1.81 bits per heavy atom. The molecule has 0 N–H and O–H groups in total. The molecule has 3 aromatic rings. The van der Waals surface area contributed by atoms with Gasteiger partial charge in [-0.25, -0.2) is 13.2 Å². The highest BCUT2D eigenvalue weighted by atomic mass is 32.2. The molecule has 0 bridgehead atoms. The fourth-order valence-electron chi connectivity index (χ4n) is 3.20. The summed E-state index contributed by atoms with van der Waals surface area (Å²) in [6.45, 7) is 0.374. The van der Waals surface area contributed by atoms with Gasteiger partial charge < -0.3 is 9.32 Å². The van der Waals surface area contributed by atoms with Gasteiger partial charge in [-0.2, -0.15) is 8.78 Å². The highest BCUT2D eigenvalue weighted by Crippen LogP contribution is 2.24. The van der Waals surface area contributed by atoms with E-state index >= 15 is 0 Å². The van der Waals surface area contributed by atoms with Crippen LogP contribution in [0, 0.1) is 0 Å². The lowest BCUT2D eigenvalue weighted by atomic mass is 10.2. The quantitative estimate of drug-likeness (QED) is 0.572. The molecule has 0 saturated carbocycles. The number of amides is 2. The molecule has 168 valence electrons. The molecule has 0 aliphatic carbocycles. The molecule has 3 heterocycles. The topological polar surface area (TPSA) is 110 Å². The molecule has 1 saturated heterocycles. The maximum Gasteiger partial charge on any atom is 0.324 e. The van der Waals surface area contributed by atoms with Crippen LogP contribution in [0.3, 0.4) is 0 Å². The molecular weight excluding hydrogens is 444 g/mol. The largest absolute Gasteiger partial charge is 0.415 e. The average Bonchev–Trinajstić information content (AvgIpc) is 3.29. The fraction of sp³-hybridized carbons (Fsp3) is 0.300. The Morgan fingerprint density at radius 1 is 1.09 bits per heavy atom. The number of nitrogens with zero attached hydrogens (tertiary/aromatic N) is 5. The minimum absolute atomic E-state index is 0.0703. The number of aromatic nitrogens is 3. The first-order chi connectivity index (χ1) is 15.3. The Morgan fingerprint density at radius 3 is 2.41 bits per heavy atom. The zero-order chi connectivity index (χ0) is 22.7. The van der Waals surface area contributed by atoms with Crippen LogP contribution in [0.25, 0.3) is 11.5 Å². The van der Waals surface area contributed by atoms with Crippen molar-refractivity contribution in [3.63, 3.8) is 0 Å². The van der Waals surface area contributed by atoms with Crippen molar-refractivity contribution >= 4 is 21.6 Å². The molecule has 1 fully saturated rings. The third-order valence-electron chi connectivity index (χ3n) is 4.93.